The fraction of sp³-hybridized carbons (Fsp3) is 0.333. The van der Waals surface area contributed by atoms with Crippen molar-refractivity contribution in [3.05, 3.63) is 70.3 Å². The Bertz CT molecular complexity index is 966. The molecule has 166 valence electrons. The molecule has 0 heterocycles. The van der Waals surface area contributed by atoms with Crippen molar-refractivity contribution in [1.82, 2.24) is 10.2 Å². The van der Waals surface area contributed by atoms with E-state index in [9.17, 15) is 9.59 Å². The van der Waals surface area contributed by atoms with Gasteiger partial charge in [-0.3, -0.25) is 9.59 Å². The lowest BCUT2D eigenvalue weighted by Crippen LogP contribution is -2.45. The van der Waals surface area contributed by atoms with Gasteiger partial charge in [-0.15, -0.1) is 0 Å². The van der Waals surface area contributed by atoms with Gasteiger partial charge in [0.25, 0.3) is 5.91 Å². The SMILES string of the molecule is C=C(C(=O)NC(C)(C)C)N(Cc1ccccc1Br)C(=O)Cc1ccc(OC)c(OC)c1. The van der Waals surface area contributed by atoms with Crippen LogP contribution in [0.1, 0.15) is 31.9 Å². The zero-order chi connectivity index (χ0) is 23.2. The molecule has 0 saturated heterocycles. The maximum absolute atomic E-state index is 13.3. The first-order chi connectivity index (χ1) is 14.6. The minimum absolute atomic E-state index is 0.0760. The Morgan fingerprint density at radius 2 is 1.71 bits per heavy atom. The van der Waals surface area contributed by atoms with E-state index in [0.717, 1.165) is 15.6 Å². The highest BCUT2D eigenvalue weighted by Gasteiger charge is 2.26. The largest absolute Gasteiger partial charge is 0.493 e. The lowest BCUT2D eigenvalue weighted by Gasteiger charge is -2.28. The van der Waals surface area contributed by atoms with E-state index in [-0.39, 0.29) is 30.5 Å². The number of methoxy groups -OCH3 is 2. The van der Waals surface area contributed by atoms with E-state index >= 15 is 0 Å². The Labute approximate surface area is 192 Å². The van der Waals surface area contributed by atoms with E-state index in [2.05, 4.69) is 27.8 Å². The molecule has 31 heavy (non-hydrogen) atoms. The minimum atomic E-state index is -0.453. The van der Waals surface area contributed by atoms with Gasteiger partial charge < -0.3 is 19.7 Å². The van der Waals surface area contributed by atoms with Gasteiger partial charge in [0.2, 0.25) is 5.91 Å². The van der Waals surface area contributed by atoms with E-state index in [0.29, 0.717) is 11.5 Å². The van der Waals surface area contributed by atoms with Crippen molar-refractivity contribution in [1.29, 1.82) is 0 Å². The summed E-state index contributed by atoms with van der Waals surface area (Å²) in [4.78, 5) is 27.5. The summed E-state index contributed by atoms with van der Waals surface area (Å²) in [5, 5.41) is 2.87. The number of halogens is 1. The molecule has 0 aromatic heterocycles. The molecule has 0 saturated carbocycles. The molecule has 7 heteroatoms. The smallest absolute Gasteiger partial charge is 0.267 e. The van der Waals surface area contributed by atoms with E-state index in [4.69, 9.17) is 9.47 Å². The molecule has 0 radical (unpaired) electrons. The standard InChI is InChI=1S/C24H29BrN2O4/c1-16(23(29)26-24(2,3)4)27(15-18-9-7-8-10-19(18)25)22(28)14-17-11-12-20(30-5)21(13-17)31-6/h7-13H,1,14-15H2,2-6H3,(H,26,29). The van der Waals surface area contributed by atoms with Gasteiger partial charge in [0.1, 0.15) is 5.70 Å². The molecular formula is C24H29BrN2O4. The third-order valence-electron chi connectivity index (χ3n) is 4.47. The van der Waals surface area contributed by atoms with E-state index in [1.165, 1.54) is 4.90 Å². The maximum Gasteiger partial charge on any atom is 0.267 e. The third kappa shape index (κ3) is 6.85. The molecule has 0 bridgehead atoms. The zero-order valence-electron chi connectivity index (χ0n) is 18.6. The molecular weight excluding hydrogens is 460 g/mol. The van der Waals surface area contributed by atoms with Crippen LogP contribution in [-0.4, -0.2) is 36.5 Å². The first kappa shape index (κ1) is 24.5. The van der Waals surface area contributed by atoms with Crippen molar-refractivity contribution in [3.63, 3.8) is 0 Å². The van der Waals surface area contributed by atoms with Crippen molar-refractivity contribution >= 4 is 27.7 Å². The quantitative estimate of drug-likeness (QED) is 0.556. The Balaban J connectivity index is 2.32. The highest BCUT2D eigenvalue weighted by atomic mass is 79.9. The maximum atomic E-state index is 13.3. The lowest BCUT2D eigenvalue weighted by molar-refractivity contribution is -0.132. The molecule has 0 aliphatic rings. The van der Waals surface area contributed by atoms with Crippen molar-refractivity contribution < 1.29 is 19.1 Å². The molecule has 0 atom stereocenters. The topological polar surface area (TPSA) is 67.9 Å². The van der Waals surface area contributed by atoms with Gasteiger partial charge in [-0.2, -0.15) is 0 Å². The summed E-state index contributed by atoms with van der Waals surface area (Å²) in [6, 6.07) is 12.9. The highest BCUT2D eigenvalue weighted by molar-refractivity contribution is 9.10. The average molecular weight is 489 g/mol. The monoisotopic (exact) mass is 488 g/mol. The van der Waals surface area contributed by atoms with Crippen LogP contribution in [0, 0.1) is 0 Å². The van der Waals surface area contributed by atoms with Gasteiger partial charge in [0.15, 0.2) is 11.5 Å². The van der Waals surface area contributed by atoms with Crippen LogP contribution in [0.5, 0.6) is 11.5 Å². The Kier molecular flexibility index (Phi) is 8.28. The molecule has 2 amide bonds. The Hall–Kier alpha value is -2.80. The summed E-state index contributed by atoms with van der Waals surface area (Å²) in [6.45, 7) is 9.76. The van der Waals surface area contributed by atoms with Crippen LogP contribution in [-0.2, 0) is 22.6 Å². The van der Waals surface area contributed by atoms with Gasteiger partial charge in [0, 0.05) is 10.0 Å². The molecule has 0 spiro atoms. The molecule has 2 aromatic carbocycles. The predicted octanol–water partition coefficient (Wildman–Crippen LogP) is 4.47. The second kappa shape index (κ2) is 10.5. The summed E-state index contributed by atoms with van der Waals surface area (Å²) in [7, 11) is 3.10. The molecule has 1 N–H and O–H groups in total. The van der Waals surface area contributed by atoms with Crippen LogP contribution in [0.3, 0.4) is 0 Å². The molecule has 6 nitrogen and oxygen atoms in total. The minimum Gasteiger partial charge on any atom is -0.493 e. The van der Waals surface area contributed by atoms with Crippen molar-refractivity contribution in [3.8, 4) is 11.5 Å². The van der Waals surface area contributed by atoms with E-state index < -0.39 is 5.54 Å². The van der Waals surface area contributed by atoms with Crippen molar-refractivity contribution in [2.75, 3.05) is 14.2 Å². The number of amides is 2. The molecule has 0 unspecified atom stereocenters. The van der Waals surface area contributed by atoms with Crippen LogP contribution in [0.25, 0.3) is 0 Å². The number of carbonyl (C=O) groups is 2. The van der Waals surface area contributed by atoms with Gasteiger partial charge in [0.05, 0.1) is 27.2 Å². The molecule has 0 aliphatic carbocycles. The number of nitrogens with zero attached hydrogens (tertiary/aromatic N) is 1. The van der Waals surface area contributed by atoms with Gasteiger partial charge in [-0.25, -0.2) is 0 Å². The molecule has 2 rings (SSSR count). The molecule has 2 aromatic rings. The normalized spacial score (nSPS) is 10.9. The number of hydrogen-bond acceptors (Lipinski definition) is 4. The number of ether oxygens (including phenoxy) is 2. The van der Waals surface area contributed by atoms with Gasteiger partial charge >= 0.3 is 0 Å². The fourth-order valence-electron chi connectivity index (χ4n) is 2.93. The number of benzene rings is 2. The first-order valence-corrected chi connectivity index (χ1v) is 10.6. The highest BCUT2D eigenvalue weighted by Crippen LogP contribution is 2.28. The summed E-state index contributed by atoms with van der Waals surface area (Å²) < 4.78 is 11.4. The fourth-order valence-corrected chi connectivity index (χ4v) is 3.34. The van der Waals surface area contributed by atoms with Crippen LogP contribution in [0.4, 0.5) is 0 Å². The van der Waals surface area contributed by atoms with Crippen LogP contribution < -0.4 is 14.8 Å². The first-order valence-electron chi connectivity index (χ1n) is 9.82. The molecule has 0 aliphatic heterocycles. The van der Waals surface area contributed by atoms with E-state index in [1.807, 2.05) is 45.0 Å². The van der Waals surface area contributed by atoms with Gasteiger partial charge in [-0.1, -0.05) is 46.8 Å². The summed E-state index contributed by atoms with van der Waals surface area (Å²) in [5.74, 6) is 0.476. The van der Waals surface area contributed by atoms with Crippen LogP contribution >= 0.6 is 15.9 Å². The second-order valence-corrected chi connectivity index (χ2v) is 8.94. The Morgan fingerprint density at radius 1 is 1.06 bits per heavy atom. The average Bonchev–Trinajstić information content (AvgIpc) is 2.71. The van der Waals surface area contributed by atoms with Crippen molar-refractivity contribution in [2.45, 2.75) is 39.3 Å². The molecule has 0 fully saturated rings. The number of hydrogen-bond donors (Lipinski definition) is 1. The van der Waals surface area contributed by atoms with Crippen LogP contribution in [0.2, 0.25) is 0 Å². The third-order valence-corrected chi connectivity index (χ3v) is 5.24. The zero-order valence-corrected chi connectivity index (χ0v) is 20.2. The Morgan fingerprint density at radius 3 is 2.29 bits per heavy atom. The van der Waals surface area contributed by atoms with Gasteiger partial charge in [-0.05, 0) is 50.1 Å². The number of carbonyl (C=O) groups excluding carboxylic acids is 2. The number of nitrogens with one attached hydrogen (secondary N) is 1. The summed E-state index contributed by atoms with van der Waals surface area (Å²) in [6.07, 6.45) is 0.0760. The predicted molar refractivity (Wildman–Crippen MR) is 125 cm³/mol. The summed E-state index contributed by atoms with van der Waals surface area (Å²) >= 11 is 3.51. The summed E-state index contributed by atoms with van der Waals surface area (Å²) in [5.41, 5.74) is 1.25. The second-order valence-electron chi connectivity index (χ2n) is 8.09. The van der Waals surface area contributed by atoms with Crippen molar-refractivity contribution in [2.24, 2.45) is 0 Å². The van der Waals surface area contributed by atoms with E-state index in [1.54, 1.807) is 32.4 Å². The number of rotatable bonds is 8. The lowest BCUT2D eigenvalue weighted by atomic mass is 10.1. The van der Waals surface area contributed by atoms with Crippen LogP contribution in [0.15, 0.2) is 59.2 Å².